The third-order valence-electron chi connectivity index (χ3n) is 7.11. The Morgan fingerprint density at radius 2 is 1.74 bits per heavy atom. The summed E-state index contributed by atoms with van der Waals surface area (Å²) < 4.78 is 13.0. The number of amides is 1. The van der Waals surface area contributed by atoms with Gasteiger partial charge in [0.1, 0.15) is 23.3 Å². The molecular formula is C27H31Cl2N5O4. The van der Waals surface area contributed by atoms with Gasteiger partial charge in [-0.15, -0.1) is 0 Å². The first-order valence-corrected chi connectivity index (χ1v) is 13.5. The van der Waals surface area contributed by atoms with Gasteiger partial charge in [0.05, 0.1) is 0 Å². The van der Waals surface area contributed by atoms with E-state index in [0.717, 1.165) is 12.8 Å². The summed E-state index contributed by atoms with van der Waals surface area (Å²) in [7, 11) is 0. The van der Waals surface area contributed by atoms with Crippen LogP contribution in [0.1, 0.15) is 63.4 Å². The van der Waals surface area contributed by atoms with E-state index >= 15 is 0 Å². The summed E-state index contributed by atoms with van der Waals surface area (Å²) in [4.78, 5) is 32.5. The zero-order chi connectivity index (χ0) is 27.7. The van der Waals surface area contributed by atoms with Crippen LogP contribution in [0.15, 0.2) is 18.2 Å². The quantitative estimate of drug-likeness (QED) is 0.341. The molecule has 2 heterocycles. The second-order valence-corrected chi connectivity index (χ2v) is 10.9. The Bertz CT molecular complexity index is 1370. The summed E-state index contributed by atoms with van der Waals surface area (Å²) in [6.07, 6.45) is 0.907. The number of nitriles is 1. The van der Waals surface area contributed by atoms with E-state index in [1.165, 1.54) is 9.42 Å². The molecule has 11 heteroatoms. The molecule has 0 spiro atoms. The number of carbonyl (C=O) groups is 2. The van der Waals surface area contributed by atoms with Gasteiger partial charge in [0.25, 0.3) is 0 Å². The first-order valence-electron chi connectivity index (χ1n) is 12.8. The summed E-state index contributed by atoms with van der Waals surface area (Å²) in [5, 5.41) is 13.9. The largest absolute Gasteiger partial charge is 0.458 e. The van der Waals surface area contributed by atoms with Gasteiger partial charge in [-0.1, -0.05) is 44.0 Å². The molecule has 1 fully saturated rings. The number of esters is 1. The first kappa shape index (κ1) is 27.8. The van der Waals surface area contributed by atoms with E-state index < -0.39 is 12.1 Å². The van der Waals surface area contributed by atoms with Crippen LogP contribution in [0.4, 0.5) is 4.79 Å². The van der Waals surface area contributed by atoms with Crippen LogP contribution < -0.4 is 4.74 Å². The lowest BCUT2D eigenvalue weighted by Gasteiger charge is -2.37. The summed E-state index contributed by atoms with van der Waals surface area (Å²) in [6, 6.07) is 6.92. The predicted octanol–water partition coefficient (Wildman–Crippen LogP) is 6.58. The van der Waals surface area contributed by atoms with Crippen LogP contribution in [0.25, 0.3) is 17.0 Å². The van der Waals surface area contributed by atoms with Crippen molar-refractivity contribution in [1.29, 1.82) is 5.26 Å². The Morgan fingerprint density at radius 3 is 2.29 bits per heavy atom. The van der Waals surface area contributed by atoms with E-state index in [1.807, 2.05) is 19.9 Å². The number of carbonyl (C=O) groups excluding carboxylic acids is 2. The van der Waals surface area contributed by atoms with E-state index in [0.29, 0.717) is 40.4 Å². The van der Waals surface area contributed by atoms with Gasteiger partial charge in [-0.05, 0) is 62.6 Å². The molecule has 4 rings (SSSR count). The number of benzene rings is 1. The number of ether oxygens (including phenoxy) is 2. The fourth-order valence-electron chi connectivity index (χ4n) is 5.44. The van der Waals surface area contributed by atoms with Crippen molar-refractivity contribution in [3.8, 4) is 23.3 Å². The normalized spacial score (nSPS) is 21.2. The summed E-state index contributed by atoms with van der Waals surface area (Å²) in [5.74, 6) is 0.335. The van der Waals surface area contributed by atoms with Crippen LogP contribution in [0.3, 0.4) is 0 Å². The van der Waals surface area contributed by atoms with Crippen molar-refractivity contribution in [2.75, 3.05) is 13.1 Å². The highest BCUT2D eigenvalue weighted by Gasteiger charge is 2.37. The molecule has 0 bridgehead atoms. The second kappa shape index (κ2) is 11.3. The molecule has 3 aromatic rings. The highest BCUT2D eigenvalue weighted by Crippen LogP contribution is 2.37. The molecule has 1 aliphatic rings. The SMILES string of the molecule is CCN(CC)C(=O)Oc1c(C#N)c(C(=O)OC2C(C)CC(C)CC2C)c2nc(-c3cc(Cl)cc(Cl)c3)[nH]n12. The molecule has 2 aromatic heterocycles. The minimum absolute atomic E-state index is 0.0662. The van der Waals surface area contributed by atoms with Gasteiger partial charge < -0.3 is 14.4 Å². The molecular weight excluding hydrogens is 529 g/mol. The lowest BCUT2D eigenvalue weighted by atomic mass is 9.75. The number of nitrogens with zero attached hydrogens (tertiary/aromatic N) is 4. The van der Waals surface area contributed by atoms with Crippen molar-refractivity contribution in [2.45, 2.75) is 53.6 Å². The van der Waals surface area contributed by atoms with Crippen molar-refractivity contribution in [1.82, 2.24) is 19.5 Å². The molecule has 2 atom stereocenters. The number of aromatic amines is 1. The van der Waals surface area contributed by atoms with Crippen molar-refractivity contribution in [2.24, 2.45) is 17.8 Å². The van der Waals surface area contributed by atoms with Gasteiger partial charge >= 0.3 is 12.1 Å². The van der Waals surface area contributed by atoms with Gasteiger partial charge in [0.2, 0.25) is 5.88 Å². The number of hydrogen-bond donors (Lipinski definition) is 1. The maximum atomic E-state index is 13.6. The second-order valence-electron chi connectivity index (χ2n) is 10.00. The number of halogens is 2. The van der Waals surface area contributed by atoms with Gasteiger partial charge in [-0.3, -0.25) is 5.10 Å². The molecule has 9 nitrogen and oxygen atoms in total. The molecule has 202 valence electrons. The van der Waals surface area contributed by atoms with Crippen LogP contribution in [0.2, 0.25) is 10.0 Å². The molecule has 1 aromatic carbocycles. The topological polar surface area (TPSA) is 113 Å². The van der Waals surface area contributed by atoms with E-state index in [4.69, 9.17) is 32.7 Å². The molecule has 1 amide bonds. The van der Waals surface area contributed by atoms with Crippen LogP contribution in [0, 0.1) is 29.1 Å². The monoisotopic (exact) mass is 559 g/mol. The summed E-state index contributed by atoms with van der Waals surface area (Å²) in [6.45, 7) is 10.8. The van der Waals surface area contributed by atoms with Crippen molar-refractivity contribution < 1.29 is 19.1 Å². The van der Waals surface area contributed by atoms with Crippen molar-refractivity contribution >= 4 is 40.9 Å². The lowest BCUT2D eigenvalue weighted by molar-refractivity contribution is -0.0251. The smallest absolute Gasteiger partial charge is 0.416 e. The highest BCUT2D eigenvalue weighted by atomic mass is 35.5. The predicted molar refractivity (Wildman–Crippen MR) is 145 cm³/mol. The summed E-state index contributed by atoms with van der Waals surface area (Å²) in [5.41, 5.74) is 0.455. The number of fused-ring (bicyclic) bond motifs is 1. The highest BCUT2D eigenvalue weighted by molar-refractivity contribution is 6.35. The number of hydrogen-bond acceptors (Lipinski definition) is 6. The zero-order valence-corrected chi connectivity index (χ0v) is 23.6. The average molecular weight is 560 g/mol. The molecule has 38 heavy (non-hydrogen) atoms. The number of aromatic nitrogens is 3. The van der Waals surface area contributed by atoms with E-state index in [9.17, 15) is 14.9 Å². The van der Waals surface area contributed by atoms with Crippen LogP contribution in [0.5, 0.6) is 5.88 Å². The summed E-state index contributed by atoms with van der Waals surface area (Å²) >= 11 is 12.4. The van der Waals surface area contributed by atoms with Gasteiger partial charge in [0, 0.05) is 28.7 Å². The molecule has 1 N–H and O–H groups in total. The molecule has 1 aliphatic carbocycles. The number of nitrogens with one attached hydrogen (secondary N) is 1. The Morgan fingerprint density at radius 1 is 1.13 bits per heavy atom. The van der Waals surface area contributed by atoms with Crippen LogP contribution in [-0.4, -0.2) is 50.8 Å². The van der Waals surface area contributed by atoms with E-state index in [2.05, 4.69) is 30.9 Å². The first-order chi connectivity index (χ1) is 18.1. The fraction of sp³-hybridized carbons (Fsp3) is 0.481. The molecule has 0 aliphatic heterocycles. The van der Waals surface area contributed by atoms with Gasteiger partial charge in [-0.25, -0.2) is 19.1 Å². The molecule has 1 saturated carbocycles. The van der Waals surface area contributed by atoms with Crippen LogP contribution in [-0.2, 0) is 4.74 Å². The third kappa shape index (κ3) is 5.33. The van der Waals surface area contributed by atoms with Crippen molar-refractivity contribution in [3.63, 3.8) is 0 Å². The Hall–Kier alpha value is -3.22. The third-order valence-corrected chi connectivity index (χ3v) is 7.54. The van der Waals surface area contributed by atoms with E-state index in [-0.39, 0.29) is 40.6 Å². The fourth-order valence-corrected chi connectivity index (χ4v) is 5.96. The maximum Gasteiger partial charge on any atom is 0.416 e. The minimum Gasteiger partial charge on any atom is -0.458 e. The Balaban J connectivity index is 1.83. The van der Waals surface area contributed by atoms with Crippen LogP contribution >= 0.6 is 23.2 Å². The molecule has 0 saturated heterocycles. The standard InChI is InChI=1S/C27H31Cl2N5O4/c1-6-33(7-2)27(36)38-25-20(13-30)21(26(35)37-22-15(4)8-14(3)9-16(22)5)24-31-23(32-34(24)25)17-10-18(28)12-19(29)11-17/h10-12,14-16,22H,6-9H2,1-5H3,(H,31,32). The molecule has 2 unspecified atom stereocenters. The lowest BCUT2D eigenvalue weighted by Crippen LogP contribution is -2.37. The van der Waals surface area contributed by atoms with Gasteiger partial charge in [-0.2, -0.15) is 5.26 Å². The van der Waals surface area contributed by atoms with E-state index in [1.54, 1.807) is 18.2 Å². The minimum atomic E-state index is -0.690. The Kier molecular flexibility index (Phi) is 8.24. The van der Waals surface area contributed by atoms with Gasteiger partial charge in [0.15, 0.2) is 11.5 Å². The zero-order valence-electron chi connectivity index (χ0n) is 22.0. The number of H-pyrrole nitrogens is 1. The number of rotatable bonds is 6. The average Bonchev–Trinajstić information content (AvgIpc) is 3.39. The maximum absolute atomic E-state index is 13.6. The molecule has 0 radical (unpaired) electrons. The van der Waals surface area contributed by atoms with Crippen molar-refractivity contribution in [3.05, 3.63) is 39.4 Å². The Labute approximate surface area is 231 Å².